The number of rotatable bonds is 9. The number of aliphatic carboxylic acids is 2. The first-order valence-corrected chi connectivity index (χ1v) is 10.3. The van der Waals surface area contributed by atoms with E-state index in [0.717, 1.165) is 0 Å². The molecule has 0 bridgehead atoms. The van der Waals surface area contributed by atoms with Gasteiger partial charge in [0.05, 0.1) is 6.54 Å². The number of nitrogens with one attached hydrogen (secondary N) is 5. The summed E-state index contributed by atoms with van der Waals surface area (Å²) in [4.78, 5) is 48.6. The number of anilines is 1. The number of amides is 2. The normalized spacial score (nSPS) is 19.9. The third-order valence-electron chi connectivity index (χ3n) is 5.24. The molecule has 3 rings (SSSR count). The fourth-order valence-corrected chi connectivity index (χ4v) is 3.48. The summed E-state index contributed by atoms with van der Waals surface area (Å²) in [6.45, 7) is 1.49. The van der Waals surface area contributed by atoms with Crippen molar-refractivity contribution in [2.24, 2.45) is 5.73 Å². The van der Waals surface area contributed by atoms with Crippen molar-refractivity contribution in [1.29, 1.82) is 0 Å². The van der Waals surface area contributed by atoms with E-state index in [1.807, 2.05) is 11.9 Å². The van der Waals surface area contributed by atoms with Gasteiger partial charge >= 0.3 is 49.7 Å². The Balaban J connectivity index is 0.00000408. The van der Waals surface area contributed by atoms with Crippen LogP contribution < -0.4 is 32.3 Å². The molecule has 34 heavy (non-hydrogen) atoms. The van der Waals surface area contributed by atoms with Crippen molar-refractivity contribution < 1.29 is 32.2 Å². The quantitative estimate of drug-likeness (QED) is 0.174. The van der Waals surface area contributed by atoms with E-state index >= 15 is 0 Å². The number of hydrogen-bond acceptors (Lipinski definition) is 9. The zero-order valence-corrected chi connectivity index (χ0v) is 20.9. The topological polar surface area (TPSA) is 198 Å². The number of benzene rings is 1. The molecule has 14 heteroatoms. The van der Waals surface area contributed by atoms with Gasteiger partial charge in [0.2, 0.25) is 0 Å². The summed E-state index contributed by atoms with van der Waals surface area (Å²) in [6.07, 6.45) is -0.605. The molecule has 0 saturated heterocycles. The van der Waals surface area contributed by atoms with E-state index in [9.17, 15) is 24.3 Å². The first-order chi connectivity index (χ1) is 15.6. The molecule has 2 aliphatic heterocycles. The third kappa shape index (κ3) is 6.88. The van der Waals surface area contributed by atoms with Gasteiger partial charge in [-0.05, 0) is 30.7 Å². The number of carboxylic acid groups (broad SMARTS) is 2. The van der Waals surface area contributed by atoms with Crippen molar-refractivity contribution >= 4 is 67.2 Å². The van der Waals surface area contributed by atoms with Crippen molar-refractivity contribution in [2.75, 3.05) is 32.0 Å². The average molecular weight is 504 g/mol. The number of hydrogen-bond donors (Lipinski definition) is 8. The van der Waals surface area contributed by atoms with E-state index in [4.69, 9.17) is 10.8 Å². The molecule has 182 valence electrons. The van der Waals surface area contributed by atoms with Crippen LogP contribution in [0.15, 0.2) is 35.8 Å². The van der Waals surface area contributed by atoms with Crippen molar-refractivity contribution in [3.05, 3.63) is 41.3 Å². The Morgan fingerprint density at radius 1 is 1.24 bits per heavy atom. The predicted molar refractivity (Wildman–Crippen MR) is 125 cm³/mol. The number of carbonyl (C=O) groups is 4. The van der Waals surface area contributed by atoms with Crippen LogP contribution in [0.3, 0.4) is 0 Å². The maximum absolute atomic E-state index is 12.5. The summed E-state index contributed by atoms with van der Waals surface area (Å²) < 4.78 is 0. The van der Waals surface area contributed by atoms with Crippen LogP contribution in [0.5, 0.6) is 0 Å². The van der Waals surface area contributed by atoms with Gasteiger partial charge in [-0.3, -0.25) is 20.1 Å². The van der Waals surface area contributed by atoms with Gasteiger partial charge in [-0.1, -0.05) is 0 Å². The molecule has 2 heterocycles. The molecule has 1 unspecified atom stereocenters. The zero-order valence-electron chi connectivity index (χ0n) is 20.7. The minimum atomic E-state index is -1.31. The van der Waals surface area contributed by atoms with E-state index in [0.29, 0.717) is 30.3 Å². The zero-order chi connectivity index (χ0) is 24.2. The van der Waals surface area contributed by atoms with Crippen LogP contribution >= 0.6 is 0 Å². The second-order valence-electron chi connectivity index (χ2n) is 7.85. The fraction of sp³-hybridized carbons (Fsp3) is 0.400. The molecule has 0 fully saturated rings. The summed E-state index contributed by atoms with van der Waals surface area (Å²) >= 11 is 0. The van der Waals surface area contributed by atoms with E-state index < -0.39 is 29.7 Å². The van der Waals surface area contributed by atoms with Gasteiger partial charge in [-0.2, -0.15) is 0 Å². The number of carbonyl (C=O) groups excluding carboxylic acids is 2. The van der Waals surface area contributed by atoms with Gasteiger partial charge in [-0.25, -0.2) is 4.79 Å². The summed E-state index contributed by atoms with van der Waals surface area (Å²) in [5.74, 6) is -4.09. The van der Waals surface area contributed by atoms with Crippen LogP contribution in [0.1, 0.15) is 26.1 Å². The van der Waals surface area contributed by atoms with Crippen molar-refractivity contribution in [1.82, 2.24) is 26.2 Å². The Kier molecular flexibility index (Phi) is 9.38. The predicted octanol–water partition coefficient (Wildman–Crippen LogP) is -1.97. The van der Waals surface area contributed by atoms with Gasteiger partial charge in [0, 0.05) is 37.8 Å². The summed E-state index contributed by atoms with van der Waals surface area (Å²) in [5, 5.41) is 32.3. The minimum Gasteiger partial charge on any atom is -1.00 e. The Hall–Kier alpha value is -2.74. The van der Waals surface area contributed by atoms with Gasteiger partial charge in [-0.15, -0.1) is 0 Å². The first kappa shape index (κ1) is 27.5. The van der Waals surface area contributed by atoms with Crippen LogP contribution in [-0.4, -0.2) is 115 Å². The third-order valence-corrected chi connectivity index (χ3v) is 5.24. The standard InChI is InChI=1S/C20H27N7O6.Ca.2H/c1-27-9-8-22-16-15(27)18(31)26-20(21,25-16)10-23-12-4-2-11(3-5-12)17(30)24-13(19(32)33)6-7-14(28)29;;;/h2-5,13,22-23,25H,6-10,21H2,1H3,(H,24,30)(H,26,31)(H,28,29)(H,32,33);;;/q;+2;2*-1/t13-,20?;;;/m0.../s1. The monoisotopic (exact) mass is 503 g/mol. The molecular formula is C20H29CaN7O6. The Bertz CT molecular complexity index is 997. The van der Waals surface area contributed by atoms with Gasteiger partial charge in [0.1, 0.15) is 17.6 Å². The molecule has 1 aromatic rings. The second kappa shape index (κ2) is 11.6. The minimum absolute atomic E-state index is 0. The molecule has 1 aromatic carbocycles. The maximum Gasteiger partial charge on any atom is 2.00 e. The molecule has 0 aliphatic carbocycles. The first-order valence-electron chi connectivity index (χ1n) is 10.3. The molecule has 0 saturated carbocycles. The molecule has 2 atom stereocenters. The van der Waals surface area contributed by atoms with Gasteiger partial charge < -0.3 is 44.6 Å². The Morgan fingerprint density at radius 2 is 1.91 bits per heavy atom. The number of likely N-dealkylation sites (N-methyl/N-ethyl adjacent to an activating group) is 1. The molecule has 0 spiro atoms. The fourth-order valence-electron chi connectivity index (χ4n) is 3.48. The molecule has 2 aliphatic rings. The largest absolute Gasteiger partial charge is 2.00 e. The second-order valence-corrected chi connectivity index (χ2v) is 7.85. The van der Waals surface area contributed by atoms with E-state index in [-0.39, 0.29) is 71.4 Å². The Morgan fingerprint density at radius 3 is 2.53 bits per heavy atom. The maximum atomic E-state index is 12.5. The molecular weight excluding hydrogens is 474 g/mol. The number of nitrogens with two attached hydrogens (primary N) is 1. The van der Waals surface area contributed by atoms with E-state index in [2.05, 4.69) is 26.6 Å². The molecule has 2 amide bonds. The van der Waals surface area contributed by atoms with Crippen LogP contribution in [0.25, 0.3) is 0 Å². The molecule has 0 radical (unpaired) electrons. The summed E-state index contributed by atoms with van der Waals surface area (Å²) in [6, 6.07) is 4.88. The van der Waals surface area contributed by atoms with Crippen LogP contribution in [0.2, 0.25) is 0 Å². The number of nitrogens with zero attached hydrogens (tertiary/aromatic N) is 1. The number of carboxylic acids is 2. The van der Waals surface area contributed by atoms with Crippen LogP contribution in [0, 0.1) is 0 Å². The van der Waals surface area contributed by atoms with Gasteiger partial charge in [0.15, 0.2) is 5.79 Å². The molecule has 9 N–H and O–H groups in total. The van der Waals surface area contributed by atoms with Crippen molar-refractivity contribution in [3.63, 3.8) is 0 Å². The summed E-state index contributed by atoms with van der Waals surface area (Å²) in [7, 11) is 1.82. The smallest absolute Gasteiger partial charge is 1.00 e. The summed E-state index contributed by atoms with van der Waals surface area (Å²) in [5.41, 5.74) is 7.61. The Labute approximate surface area is 228 Å². The molecule has 13 nitrogen and oxygen atoms in total. The van der Waals surface area contributed by atoms with E-state index in [1.54, 1.807) is 12.1 Å². The van der Waals surface area contributed by atoms with E-state index in [1.165, 1.54) is 12.1 Å². The van der Waals surface area contributed by atoms with Crippen LogP contribution in [-0.2, 0) is 14.4 Å². The SMILES string of the molecule is CN1CCNC2=C1C(=O)NC(N)(CNc1ccc(C(=O)N[C@@H](CCC(=O)O)C(=O)O)cc1)N2.[Ca+2].[H-].[H-]. The van der Waals surface area contributed by atoms with Crippen molar-refractivity contribution in [2.45, 2.75) is 24.7 Å². The average Bonchev–Trinajstić information content (AvgIpc) is 2.74. The molecule has 0 aromatic heterocycles. The van der Waals surface area contributed by atoms with Crippen molar-refractivity contribution in [3.8, 4) is 0 Å². The van der Waals surface area contributed by atoms with Crippen LogP contribution in [0.4, 0.5) is 5.69 Å². The van der Waals surface area contributed by atoms with Gasteiger partial charge in [0.25, 0.3) is 11.8 Å².